The lowest BCUT2D eigenvalue weighted by molar-refractivity contribution is 0.102. The van der Waals surface area contributed by atoms with E-state index >= 15 is 0 Å². The summed E-state index contributed by atoms with van der Waals surface area (Å²) in [5, 5.41) is 10.8. The van der Waals surface area contributed by atoms with Crippen LogP contribution in [0.3, 0.4) is 0 Å². The highest BCUT2D eigenvalue weighted by Crippen LogP contribution is 2.27. The first-order valence-electron chi connectivity index (χ1n) is 8.52. The smallest absolute Gasteiger partial charge is 0.257 e. The SMILES string of the molecule is Cl.O=C(Nc1ccccc1)c1ccc(NC2CCNC2)c2cccnc12. The van der Waals surface area contributed by atoms with Gasteiger partial charge in [-0.15, -0.1) is 12.4 Å². The molecule has 2 aromatic carbocycles. The van der Waals surface area contributed by atoms with E-state index in [0.29, 0.717) is 17.1 Å². The molecule has 1 saturated heterocycles. The van der Waals surface area contributed by atoms with Crippen molar-refractivity contribution in [2.75, 3.05) is 23.7 Å². The molecular formula is C20H21ClN4O. The maximum Gasteiger partial charge on any atom is 0.257 e. The normalized spacial score (nSPS) is 16.1. The highest BCUT2D eigenvalue weighted by Gasteiger charge is 2.18. The van der Waals surface area contributed by atoms with E-state index in [-0.39, 0.29) is 18.3 Å². The summed E-state index contributed by atoms with van der Waals surface area (Å²) in [5.41, 5.74) is 3.09. The Morgan fingerprint density at radius 3 is 2.69 bits per heavy atom. The zero-order chi connectivity index (χ0) is 17.1. The first-order chi connectivity index (χ1) is 12.3. The number of rotatable bonds is 4. The number of aromatic nitrogens is 1. The van der Waals surface area contributed by atoms with E-state index in [1.165, 1.54) is 0 Å². The van der Waals surface area contributed by atoms with Gasteiger partial charge in [0, 0.05) is 35.5 Å². The number of nitrogens with zero attached hydrogens (tertiary/aromatic N) is 1. The zero-order valence-electron chi connectivity index (χ0n) is 14.2. The van der Waals surface area contributed by atoms with Gasteiger partial charge in [-0.25, -0.2) is 0 Å². The lowest BCUT2D eigenvalue weighted by atomic mass is 10.1. The minimum absolute atomic E-state index is 0. The maximum absolute atomic E-state index is 12.7. The van der Waals surface area contributed by atoms with Crippen LogP contribution in [0.5, 0.6) is 0 Å². The molecule has 0 bridgehead atoms. The average molecular weight is 369 g/mol. The summed E-state index contributed by atoms with van der Waals surface area (Å²) < 4.78 is 0. The minimum atomic E-state index is -0.149. The van der Waals surface area contributed by atoms with Gasteiger partial charge in [0.25, 0.3) is 5.91 Å². The molecule has 134 valence electrons. The Bertz CT molecular complexity index is 895. The van der Waals surface area contributed by atoms with Gasteiger partial charge in [-0.2, -0.15) is 0 Å². The molecule has 1 amide bonds. The molecule has 0 saturated carbocycles. The first kappa shape index (κ1) is 18.2. The summed E-state index contributed by atoms with van der Waals surface area (Å²) in [7, 11) is 0. The third-order valence-corrected chi connectivity index (χ3v) is 4.47. The van der Waals surface area contributed by atoms with Crippen LogP contribution in [0, 0.1) is 0 Å². The number of hydrogen-bond donors (Lipinski definition) is 3. The summed E-state index contributed by atoms with van der Waals surface area (Å²) in [6.45, 7) is 1.99. The third kappa shape index (κ3) is 3.79. The molecule has 4 rings (SSSR count). The van der Waals surface area contributed by atoms with E-state index in [2.05, 4.69) is 20.9 Å². The summed E-state index contributed by atoms with van der Waals surface area (Å²) in [4.78, 5) is 17.2. The number of carbonyl (C=O) groups excluding carboxylic acids is 1. The Hall–Kier alpha value is -2.63. The van der Waals surface area contributed by atoms with Gasteiger partial charge < -0.3 is 16.0 Å². The van der Waals surface area contributed by atoms with E-state index in [4.69, 9.17) is 0 Å². The molecule has 3 N–H and O–H groups in total. The van der Waals surface area contributed by atoms with Crippen molar-refractivity contribution in [2.45, 2.75) is 12.5 Å². The van der Waals surface area contributed by atoms with Crippen molar-refractivity contribution in [1.29, 1.82) is 0 Å². The maximum atomic E-state index is 12.7. The lowest BCUT2D eigenvalue weighted by Gasteiger charge is -2.16. The third-order valence-electron chi connectivity index (χ3n) is 4.47. The number of benzene rings is 2. The van der Waals surface area contributed by atoms with Crippen molar-refractivity contribution < 1.29 is 4.79 Å². The Morgan fingerprint density at radius 1 is 1.08 bits per heavy atom. The van der Waals surface area contributed by atoms with Crippen LogP contribution in [-0.2, 0) is 0 Å². The molecule has 2 heterocycles. The van der Waals surface area contributed by atoms with Gasteiger partial charge >= 0.3 is 0 Å². The number of amides is 1. The Balaban J connectivity index is 0.00000196. The van der Waals surface area contributed by atoms with Crippen molar-refractivity contribution in [2.24, 2.45) is 0 Å². The van der Waals surface area contributed by atoms with Gasteiger partial charge in [0.1, 0.15) is 0 Å². The van der Waals surface area contributed by atoms with Crippen LogP contribution >= 0.6 is 12.4 Å². The van der Waals surface area contributed by atoms with Gasteiger partial charge in [0.15, 0.2) is 0 Å². The van der Waals surface area contributed by atoms with E-state index in [1.54, 1.807) is 6.20 Å². The quantitative estimate of drug-likeness (QED) is 0.657. The van der Waals surface area contributed by atoms with Crippen molar-refractivity contribution >= 4 is 40.6 Å². The summed E-state index contributed by atoms with van der Waals surface area (Å²) in [5.74, 6) is -0.149. The molecule has 0 aliphatic carbocycles. The number of fused-ring (bicyclic) bond motifs is 1. The van der Waals surface area contributed by atoms with Gasteiger partial charge in [-0.3, -0.25) is 9.78 Å². The van der Waals surface area contributed by atoms with E-state index in [9.17, 15) is 4.79 Å². The molecule has 26 heavy (non-hydrogen) atoms. The van der Waals surface area contributed by atoms with Crippen LogP contribution in [0.2, 0.25) is 0 Å². The number of para-hydroxylation sites is 1. The molecule has 1 unspecified atom stereocenters. The van der Waals surface area contributed by atoms with Gasteiger partial charge in [0.05, 0.1) is 11.1 Å². The van der Waals surface area contributed by atoms with Gasteiger partial charge in [-0.05, 0) is 49.4 Å². The standard InChI is InChI=1S/C20H20N4O.ClH/c25-20(24-14-5-2-1-3-6-14)17-8-9-18(23-15-10-12-21-13-15)16-7-4-11-22-19(16)17;/h1-9,11,15,21,23H,10,12-13H2,(H,24,25);1H. The molecular weight excluding hydrogens is 348 g/mol. The van der Waals surface area contributed by atoms with E-state index < -0.39 is 0 Å². The fraction of sp³-hybridized carbons (Fsp3) is 0.200. The second-order valence-corrected chi connectivity index (χ2v) is 6.21. The van der Waals surface area contributed by atoms with Gasteiger partial charge in [-0.1, -0.05) is 18.2 Å². The Kier molecular flexibility index (Phi) is 5.71. The molecule has 1 fully saturated rings. The fourth-order valence-electron chi connectivity index (χ4n) is 3.20. The number of pyridine rings is 1. The number of hydrogen-bond acceptors (Lipinski definition) is 4. The molecule has 0 spiro atoms. The number of anilines is 2. The molecule has 6 heteroatoms. The van der Waals surface area contributed by atoms with Crippen LogP contribution in [0.15, 0.2) is 60.8 Å². The largest absolute Gasteiger partial charge is 0.380 e. The van der Waals surface area contributed by atoms with E-state index in [0.717, 1.165) is 36.3 Å². The molecule has 1 aliphatic rings. The highest BCUT2D eigenvalue weighted by molar-refractivity contribution is 6.13. The van der Waals surface area contributed by atoms with Crippen LogP contribution in [0.25, 0.3) is 10.9 Å². The predicted molar refractivity (Wildman–Crippen MR) is 108 cm³/mol. The first-order valence-corrected chi connectivity index (χ1v) is 8.52. The monoisotopic (exact) mass is 368 g/mol. The average Bonchev–Trinajstić information content (AvgIpc) is 3.16. The van der Waals surface area contributed by atoms with E-state index in [1.807, 2.05) is 54.6 Å². The summed E-state index contributed by atoms with van der Waals surface area (Å²) in [6, 6.07) is 17.6. The predicted octanol–water partition coefficient (Wildman–Crippen LogP) is 3.68. The fourth-order valence-corrected chi connectivity index (χ4v) is 3.20. The Morgan fingerprint density at radius 2 is 1.92 bits per heavy atom. The van der Waals surface area contributed by atoms with Crippen molar-refractivity contribution in [3.05, 3.63) is 66.4 Å². The molecule has 0 radical (unpaired) electrons. The van der Waals surface area contributed by atoms with Crippen LogP contribution in [0.1, 0.15) is 16.8 Å². The number of halogens is 1. The molecule has 5 nitrogen and oxygen atoms in total. The number of carbonyl (C=O) groups is 1. The second-order valence-electron chi connectivity index (χ2n) is 6.21. The highest BCUT2D eigenvalue weighted by atomic mass is 35.5. The molecule has 1 aromatic heterocycles. The van der Waals surface area contributed by atoms with Crippen LogP contribution in [0.4, 0.5) is 11.4 Å². The second kappa shape index (κ2) is 8.17. The topological polar surface area (TPSA) is 66.1 Å². The summed E-state index contributed by atoms with van der Waals surface area (Å²) >= 11 is 0. The van der Waals surface area contributed by atoms with Crippen LogP contribution < -0.4 is 16.0 Å². The summed E-state index contributed by atoms with van der Waals surface area (Å²) in [6.07, 6.45) is 2.82. The van der Waals surface area contributed by atoms with Gasteiger partial charge in [0.2, 0.25) is 0 Å². The van der Waals surface area contributed by atoms with Crippen molar-refractivity contribution in [3.63, 3.8) is 0 Å². The molecule has 3 aromatic rings. The Labute approximate surface area is 158 Å². The van der Waals surface area contributed by atoms with Crippen molar-refractivity contribution in [1.82, 2.24) is 10.3 Å². The molecule has 1 aliphatic heterocycles. The van der Waals surface area contributed by atoms with Crippen LogP contribution in [-0.4, -0.2) is 30.0 Å². The zero-order valence-corrected chi connectivity index (χ0v) is 15.1. The number of nitrogens with one attached hydrogen (secondary N) is 3. The van der Waals surface area contributed by atoms with Crippen molar-refractivity contribution in [3.8, 4) is 0 Å². The lowest BCUT2D eigenvalue weighted by Crippen LogP contribution is -2.22. The minimum Gasteiger partial charge on any atom is -0.380 e. The molecule has 1 atom stereocenters.